The standard InChI is InChI=1S/C32H50O7/c1-20(9-7-15-31(3,4)38)30-27(39-29(37)12-6-11-28(35)36)19-25-22(10-8-16-32(25,30)5)13-14-23-17-24(33)18-26(34)21(23)2/h13-14,20,24-27,30,33-34,38H,2,6-12,15-19H2,1,3-5H3,(H,35,36)/b22-13+,23-14+/t20-,24+,25-,26-,27+,30-,32-/m0/s1. The fourth-order valence-corrected chi connectivity index (χ4v) is 7.52. The minimum atomic E-state index is -0.912. The number of aliphatic hydroxyl groups is 3. The van der Waals surface area contributed by atoms with Crippen molar-refractivity contribution in [1.82, 2.24) is 0 Å². The molecule has 7 nitrogen and oxygen atoms in total. The Morgan fingerprint density at radius 2 is 1.90 bits per heavy atom. The third-order valence-corrected chi connectivity index (χ3v) is 9.43. The Bertz CT molecular complexity index is 958. The first-order chi connectivity index (χ1) is 18.2. The van der Waals surface area contributed by atoms with Crippen molar-refractivity contribution in [2.24, 2.45) is 23.2 Å². The van der Waals surface area contributed by atoms with Gasteiger partial charge in [0.05, 0.1) is 17.8 Å². The second kappa shape index (κ2) is 13.1. The van der Waals surface area contributed by atoms with Crippen molar-refractivity contribution < 1.29 is 34.8 Å². The molecular formula is C32H50O7. The maximum Gasteiger partial charge on any atom is 0.306 e. The number of esters is 1. The average molecular weight is 547 g/mol. The van der Waals surface area contributed by atoms with E-state index >= 15 is 0 Å². The average Bonchev–Trinajstić information content (AvgIpc) is 3.11. The van der Waals surface area contributed by atoms with Gasteiger partial charge in [-0.2, -0.15) is 0 Å². The lowest BCUT2D eigenvalue weighted by molar-refractivity contribution is -0.153. The van der Waals surface area contributed by atoms with Gasteiger partial charge in [-0.05, 0) is 87.2 Å². The highest BCUT2D eigenvalue weighted by molar-refractivity contribution is 5.71. The molecule has 0 saturated heterocycles. The summed E-state index contributed by atoms with van der Waals surface area (Å²) in [6.45, 7) is 12.3. The van der Waals surface area contributed by atoms with Crippen LogP contribution in [0.25, 0.3) is 0 Å². The van der Waals surface area contributed by atoms with E-state index in [9.17, 15) is 24.9 Å². The minimum Gasteiger partial charge on any atom is -0.481 e. The highest BCUT2D eigenvalue weighted by Gasteiger charge is 2.56. The fraction of sp³-hybridized carbons (Fsp3) is 0.750. The van der Waals surface area contributed by atoms with Crippen LogP contribution in [0, 0.1) is 23.2 Å². The lowest BCUT2D eigenvalue weighted by Crippen LogP contribution is -2.39. The summed E-state index contributed by atoms with van der Waals surface area (Å²) in [5, 5.41) is 39.6. The summed E-state index contributed by atoms with van der Waals surface area (Å²) in [5.41, 5.74) is 2.11. The van der Waals surface area contributed by atoms with Crippen LogP contribution in [-0.2, 0) is 14.3 Å². The molecule has 7 heteroatoms. The number of fused-ring (bicyclic) bond motifs is 1. The molecular weight excluding hydrogens is 496 g/mol. The Hall–Kier alpha value is -1.96. The Morgan fingerprint density at radius 3 is 2.56 bits per heavy atom. The molecule has 3 fully saturated rings. The molecule has 220 valence electrons. The number of aliphatic hydroxyl groups excluding tert-OH is 2. The van der Waals surface area contributed by atoms with Gasteiger partial charge in [0.1, 0.15) is 6.10 Å². The molecule has 0 radical (unpaired) electrons. The summed E-state index contributed by atoms with van der Waals surface area (Å²) in [6, 6.07) is 0. The molecule has 39 heavy (non-hydrogen) atoms. The molecule has 4 N–H and O–H groups in total. The van der Waals surface area contributed by atoms with E-state index in [2.05, 4.69) is 26.5 Å². The van der Waals surface area contributed by atoms with Crippen LogP contribution in [0.2, 0.25) is 0 Å². The monoisotopic (exact) mass is 546 g/mol. The number of ether oxygens (including phenoxy) is 1. The maximum absolute atomic E-state index is 12.8. The maximum atomic E-state index is 12.8. The lowest BCUT2D eigenvalue weighted by atomic mass is 9.60. The number of aliphatic carboxylic acids is 1. The molecule has 0 spiro atoms. The van der Waals surface area contributed by atoms with E-state index in [-0.39, 0.29) is 48.6 Å². The van der Waals surface area contributed by atoms with Crippen molar-refractivity contribution in [3.8, 4) is 0 Å². The van der Waals surface area contributed by atoms with Crippen LogP contribution in [0.15, 0.2) is 35.5 Å². The van der Waals surface area contributed by atoms with Gasteiger partial charge in [0, 0.05) is 25.2 Å². The van der Waals surface area contributed by atoms with E-state index in [1.807, 2.05) is 19.9 Å². The first-order valence-electron chi connectivity index (χ1n) is 14.8. The Labute approximate surface area is 234 Å². The molecule has 0 aromatic rings. The number of carbonyl (C=O) groups excluding carboxylic acids is 1. The minimum absolute atomic E-state index is 0.0485. The van der Waals surface area contributed by atoms with Crippen LogP contribution in [0.4, 0.5) is 0 Å². The quantitative estimate of drug-likeness (QED) is 0.253. The van der Waals surface area contributed by atoms with Gasteiger partial charge in [-0.15, -0.1) is 0 Å². The highest BCUT2D eigenvalue weighted by Crippen LogP contribution is 2.60. The molecule has 3 aliphatic carbocycles. The number of rotatable bonds is 11. The molecule has 0 heterocycles. The molecule has 0 aliphatic heterocycles. The smallest absolute Gasteiger partial charge is 0.306 e. The summed E-state index contributed by atoms with van der Waals surface area (Å²) in [5.74, 6) is -0.539. The SMILES string of the molecule is C=C1/C(=C/C=C2\CCC[C@]3(C)[C@@H]([C@@H](C)CCCC(C)(C)O)[C@H](OC(=O)CCCC(=O)O)C[C@@H]23)C[C@@H](O)C[C@@H]1O. The molecule has 3 saturated carbocycles. The van der Waals surface area contributed by atoms with Crippen molar-refractivity contribution in [3.05, 3.63) is 35.5 Å². The molecule has 0 bridgehead atoms. The first kappa shape index (κ1) is 31.6. The number of hydrogen-bond acceptors (Lipinski definition) is 6. The van der Waals surface area contributed by atoms with Crippen LogP contribution >= 0.6 is 0 Å². The van der Waals surface area contributed by atoms with Crippen molar-refractivity contribution >= 4 is 11.9 Å². The van der Waals surface area contributed by atoms with E-state index in [4.69, 9.17) is 9.84 Å². The largest absolute Gasteiger partial charge is 0.481 e. The van der Waals surface area contributed by atoms with Gasteiger partial charge in [0.2, 0.25) is 0 Å². The van der Waals surface area contributed by atoms with Crippen molar-refractivity contribution in [2.45, 2.75) is 129 Å². The second-order valence-corrected chi connectivity index (χ2v) is 13.2. The second-order valence-electron chi connectivity index (χ2n) is 13.2. The van der Waals surface area contributed by atoms with Crippen LogP contribution in [-0.4, -0.2) is 56.3 Å². The summed E-state index contributed by atoms with van der Waals surface area (Å²) in [7, 11) is 0. The summed E-state index contributed by atoms with van der Waals surface area (Å²) >= 11 is 0. The molecule has 0 unspecified atom stereocenters. The van der Waals surface area contributed by atoms with Gasteiger partial charge in [0.15, 0.2) is 0 Å². The molecule has 0 aromatic heterocycles. The zero-order valence-corrected chi connectivity index (χ0v) is 24.3. The number of allylic oxidation sites excluding steroid dienone is 3. The molecule has 0 aromatic carbocycles. The van der Waals surface area contributed by atoms with Crippen LogP contribution in [0.5, 0.6) is 0 Å². The van der Waals surface area contributed by atoms with Gasteiger partial charge >= 0.3 is 11.9 Å². The summed E-state index contributed by atoms with van der Waals surface area (Å²) in [6.07, 6.45) is 10.1. The van der Waals surface area contributed by atoms with E-state index in [1.54, 1.807) is 0 Å². The summed E-state index contributed by atoms with van der Waals surface area (Å²) in [4.78, 5) is 23.7. The normalized spacial score (nSPS) is 34.2. The number of carboxylic acids is 1. The van der Waals surface area contributed by atoms with Gasteiger partial charge in [-0.1, -0.05) is 51.0 Å². The van der Waals surface area contributed by atoms with Crippen LogP contribution in [0.3, 0.4) is 0 Å². The van der Waals surface area contributed by atoms with E-state index in [1.165, 1.54) is 5.57 Å². The molecule has 3 aliphatic rings. The molecule has 0 amide bonds. The lowest BCUT2D eigenvalue weighted by Gasteiger charge is -2.44. The number of carboxylic acid groups (broad SMARTS) is 1. The highest BCUT2D eigenvalue weighted by atomic mass is 16.5. The van der Waals surface area contributed by atoms with Gasteiger partial charge < -0.3 is 25.2 Å². The first-order valence-corrected chi connectivity index (χ1v) is 14.8. The molecule has 3 rings (SSSR count). The Morgan fingerprint density at radius 1 is 1.18 bits per heavy atom. The van der Waals surface area contributed by atoms with Crippen LogP contribution in [0.1, 0.15) is 105 Å². The van der Waals surface area contributed by atoms with E-state index < -0.39 is 23.8 Å². The van der Waals surface area contributed by atoms with E-state index in [0.29, 0.717) is 30.8 Å². The number of hydrogen-bond donors (Lipinski definition) is 4. The Balaban J connectivity index is 1.84. The fourth-order valence-electron chi connectivity index (χ4n) is 7.52. The van der Waals surface area contributed by atoms with Crippen LogP contribution < -0.4 is 0 Å². The zero-order chi connectivity index (χ0) is 29.0. The predicted molar refractivity (Wildman–Crippen MR) is 151 cm³/mol. The Kier molecular flexibility index (Phi) is 10.6. The van der Waals surface area contributed by atoms with Crippen molar-refractivity contribution in [1.29, 1.82) is 0 Å². The third-order valence-electron chi connectivity index (χ3n) is 9.43. The third kappa shape index (κ3) is 8.27. The van der Waals surface area contributed by atoms with Gasteiger partial charge in [0.25, 0.3) is 0 Å². The predicted octanol–water partition coefficient (Wildman–Crippen LogP) is 5.48. The zero-order valence-electron chi connectivity index (χ0n) is 24.3. The number of carbonyl (C=O) groups is 2. The van der Waals surface area contributed by atoms with Gasteiger partial charge in [-0.25, -0.2) is 0 Å². The molecule has 7 atom stereocenters. The topological polar surface area (TPSA) is 124 Å². The van der Waals surface area contributed by atoms with Gasteiger partial charge in [-0.3, -0.25) is 9.59 Å². The summed E-state index contributed by atoms with van der Waals surface area (Å²) < 4.78 is 6.12. The van der Waals surface area contributed by atoms with Crippen molar-refractivity contribution in [3.63, 3.8) is 0 Å². The van der Waals surface area contributed by atoms with E-state index in [0.717, 1.165) is 44.1 Å². The van der Waals surface area contributed by atoms with Crippen molar-refractivity contribution in [2.75, 3.05) is 0 Å².